The van der Waals surface area contributed by atoms with Crippen molar-refractivity contribution in [2.75, 3.05) is 12.3 Å². The first-order chi connectivity index (χ1) is 17.0. The molecular formula is C28H30Cl2N2O2S. The summed E-state index contributed by atoms with van der Waals surface area (Å²) in [7, 11) is 0. The Hall–Kier alpha value is -2.47. The van der Waals surface area contributed by atoms with Gasteiger partial charge in [0.15, 0.2) is 0 Å². The molecule has 35 heavy (non-hydrogen) atoms. The summed E-state index contributed by atoms with van der Waals surface area (Å²) in [6.07, 6.45) is 1.26. The van der Waals surface area contributed by atoms with Crippen molar-refractivity contribution in [1.29, 1.82) is 0 Å². The molecular weight excluding hydrogens is 499 g/mol. The van der Waals surface area contributed by atoms with Gasteiger partial charge < -0.3 is 10.2 Å². The van der Waals surface area contributed by atoms with Crippen molar-refractivity contribution < 1.29 is 9.59 Å². The molecule has 2 amide bonds. The molecule has 0 heterocycles. The summed E-state index contributed by atoms with van der Waals surface area (Å²) < 4.78 is 0. The first kappa shape index (κ1) is 27.1. The fraction of sp³-hybridized carbons (Fsp3) is 0.286. The van der Waals surface area contributed by atoms with Gasteiger partial charge in [-0.2, -0.15) is 0 Å². The van der Waals surface area contributed by atoms with E-state index in [-0.39, 0.29) is 17.6 Å². The molecule has 0 aliphatic carbocycles. The highest BCUT2D eigenvalue weighted by Gasteiger charge is 2.30. The van der Waals surface area contributed by atoms with Crippen LogP contribution in [-0.4, -0.2) is 35.1 Å². The van der Waals surface area contributed by atoms with Crippen LogP contribution in [0.2, 0.25) is 10.0 Å². The van der Waals surface area contributed by atoms with E-state index in [0.717, 1.165) is 23.1 Å². The molecule has 3 aromatic carbocycles. The van der Waals surface area contributed by atoms with Crippen molar-refractivity contribution in [3.8, 4) is 0 Å². The molecule has 184 valence electrons. The Morgan fingerprint density at radius 2 is 1.60 bits per heavy atom. The van der Waals surface area contributed by atoms with Crippen LogP contribution in [0.15, 0.2) is 78.9 Å². The predicted octanol–water partition coefficient (Wildman–Crippen LogP) is 6.39. The first-order valence-electron chi connectivity index (χ1n) is 11.6. The van der Waals surface area contributed by atoms with Gasteiger partial charge in [0, 0.05) is 35.3 Å². The molecule has 0 aliphatic rings. The van der Waals surface area contributed by atoms with Crippen LogP contribution in [0, 0.1) is 0 Å². The summed E-state index contributed by atoms with van der Waals surface area (Å²) in [5.41, 5.74) is 2.98. The highest BCUT2D eigenvalue weighted by Crippen LogP contribution is 2.20. The summed E-state index contributed by atoms with van der Waals surface area (Å²) in [4.78, 5) is 28.5. The van der Waals surface area contributed by atoms with Gasteiger partial charge in [-0.05, 0) is 47.4 Å². The third kappa shape index (κ3) is 8.92. The van der Waals surface area contributed by atoms with Crippen molar-refractivity contribution in [2.45, 2.75) is 38.1 Å². The molecule has 7 heteroatoms. The quantitative estimate of drug-likeness (QED) is 0.296. The van der Waals surface area contributed by atoms with Gasteiger partial charge in [0.25, 0.3) is 0 Å². The zero-order valence-corrected chi connectivity index (χ0v) is 22.1. The third-order valence-corrected chi connectivity index (χ3v) is 6.95. The molecule has 0 saturated carbocycles. The number of carbonyl (C=O) groups excluding carboxylic acids is 2. The second-order valence-corrected chi connectivity index (χ2v) is 10.1. The number of halogens is 2. The molecule has 3 aromatic rings. The summed E-state index contributed by atoms with van der Waals surface area (Å²) in [6, 6.07) is 24.2. The van der Waals surface area contributed by atoms with E-state index in [1.54, 1.807) is 17.0 Å². The smallest absolute Gasteiger partial charge is 0.243 e. The fourth-order valence-corrected chi connectivity index (χ4v) is 4.87. The molecule has 0 spiro atoms. The second kappa shape index (κ2) is 14.2. The Kier molecular flexibility index (Phi) is 11.0. The number of amides is 2. The molecule has 4 nitrogen and oxygen atoms in total. The topological polar surface area (TPSA) is 49.4 Å². The average molecular weight is 530 g/mol. The van der Waals surface area contributed by atoms with E-state index in [1.807, 2.05) is 73.7 Å². The van der Waals surface area contributed by atoms with Crippen molar-refractivity contribution >= 4 is 46.8 Å². The number of nitrogens with zero attached hydrogens (tertiary/aromatic N) is 1. The van der Waals surface area contributed by atoms with Gasteiger partial charge in [0.2, 0.25) is 11.8 Å². The predicted molar refractivity (Wildman–Crippen MR) is 147 cm³/mol. The zero-order valence-electron chi connectivity index (χ0n) is 19.8. The Morgan fingerprint density at radius 3 is 2.29 bits per heavy atom. The standard InChI is InChI=1S/C28H30Cl2N2O2S/c1-2-15-31-28(34)26(17-21-7-4-3-5-8-21)32(18-22-11-13-24(29)14-12-22)27(33)20-35-19-23-9-6-10-25(30)16-23/h3-14,16,26H,2,15,17-20H2,1H3,(H,31,34)/t26-/m0/s1. The normalized spacial score (nSPS) is 11.6. The molecule has 3 rings (SSSR count). The molecule has 0 bridgehead atoms. The molecule has 0 radical (unpaired) electrons. The highest BCUT2D eigenvalue weighted by molar-refractivity contribution is 7.99. The van der Waals surface area contributed by atoms with E-state index < -0.39 is 6.04 Å². The Balaban J connectivity index is 1.82. The van der Waals surface area contributed by atoms with Crippen LogP contribution >= 0.6 is 35.0 Å². The van der Waals surface area contributed by atoms with Crippen LogP contribution in [0.25, 0.3) is 0 Å². The third-order valence-electron chi connectivity index (χ3n) is 5.47. The van der Waals surface area contributed by atoms with Crippen molar-refractivity contribution in [3.05, 3.63) is 106 Å². The van der Waals surface area contributed by atoms with E-state index in [2.05, 4.69) is 5.32 Å². The van der Waals surface area contributed by atoms with E-state index in [4.69, 9.17) is 23.2 Å². The number of rotatable bonds is 12. The average Bonchev–Trinajstić information content (AvgIpc) is 2.86. The molecule has 0 saturated heterocycles. The number of hydrogen-bond donors (Lipinski definition) is 1. The number of hydrogen-bond acceptors (Lipinski definition) is 3. The number of thioether (sulfide) groups is 1. The number of nitrogens with one attached hydrogen (secondary N) is 1. The summed E-state index contributed by atoms with van der Waals surface area (Å²) in [6.45, 7) is 2.90. The minimum Gasteiger partial charge on any atom is -0.354 e. The summed E-state index contributed by atoms with van der Waals surface area (Å²) in [5, 5.41) is 4.30. The van der Waals surface area contributed by atoms with Crippen LogP contribution < -0.4 is 5.32 Å². The fourth-order valence-electron chi connectivity index (χ4n) is 3.67. The van der Waals surface area contributed by atoms with Gasteiger partial charge in [-0.15, -0.1) is 11.8 Å². The number of benzene rings is 3. The maximum atomic E-state index is 13.6. The van der Waals surface area contributed by atoms with Gasteiger partial charge in [0.05, 0.1) is 5.75 Å². The minimum atomic E-state index is -0.626. The van der Waals surface area contributed by atoms with Gasteiger partial charge in [-0.3, -0.25) is 9.59 Å². The molecule has 0 aliphatic heterocycles. The second-order valence-electron chi connectivity index (χ2n) is 8.27. The van der Waals surface area contributed by atoms with E-state index in [0.29, 0.717) is 35.3 Å². The SMILES string of the molecule is CCCNC(=O)[C@H](Cc1ccccc1)N(Cc1ccc(Cl)cc1)C(=O)CSCc1cccc(Cl)c1. The maximum absolute atomic E-state index is 13.6. The summed E-state index contributed by atoms with van der Waals surface area (Å²) in [5.74, 6) is 0.691. The van der Waals surface area contributed by atoms with Crippen LogP contribution in [0.1, 0.15) is 30.0 Å². The van der Waals surface area contributed by atoms with Crippen molar-refractivity contribution in [1.82, 2.24) is 10.2 Å². The van der Waals surface area contributed by atoms with Gasteiger partial charge >= 0.3 is 0 Å². The van der Waals surface area contributed by atoms with Crippen LogP contribution in [0.4, 0.5) is 0 Å². The monoisotopic (exact) mass is 528 g/mol. The molecule has 1 N–H and O–H groups in total. The van der Waals surface area contributed by atoms with E-state index in [1.165, 1.54) is 11.8 Å². The Bertz CT molecular complexity index is 1090. The minimum absolute atomic E-state index is 0.0837. The zero-order chi connectivity index (χ0) is 25.0. The van der Waals surface area contributed by atoms with Crippen LogP contribution in [0.3, 0.4) is 0 Å². The van der Waals surface area contributed by atoms with Gasteiger partial charge in [-0.1, -0.05) is 84.7 Å². The largest absolute Gasteiger partial charge is 0.354 e. The van der Waals surface area contributed by atoms with Crippen LogP contribution in [0.5, 0.6) is 0 Å². The molecule has 1 atom stereocenters. The van der Waals surface area contributed by atoms with E-state index in [9.17, 15) is 9.59 Å². The van der Waals surface area contributed by atoms with E-state index >= 15 is 0 Å². The lowest BCUT2D eigenvalue weighted by Crippen LogP contribution is -2.51. The molecule has 0 aromatic heterocycles. The summed E-state index contributed by atoms with van der Waals surface area (Å²) >= 11 is 13.7. The van der Waals surface area contributed by atoms with Gasteiger partial charge in [0.1, 0.15) is 6.04 Å². The maximum Gasteiger partial charge on any atom is 0.243 e. The van der Waals surface area contributed by atoms with Crippen molar-refractivity contribution in [2.24, 2.45) is 0 Å². The molecule has 0 unspecified atom stereocenters. The lowest BCUT2D eigenvalue weighted by Gasteiger charge is -2.31. The number of carbonyl (C=O) groups is 2. The lowest BCUT2D eigenvalue weighted by molar-refractivity contribution is -0.139. The van der Waals surface area contributed by atoms with Crippen molar-refractivity contribution in [3.63, 3.8) is 0 Å². The lowest BCUT2D eigenvalue weighted by atomic mass is 10.0. The first-order valence-corrected chi connectivity index (χ1v) is 13.5. The van der Waals surface area contributed by atoms with Crippen LogP contribution in [-0.2, 0) is 28.3 Å². The highest BCUT2D eigenvalue weighted by atomic mass is 35.5. The Morgan fingerprint density at radius 1 is 0.886 bits per heavy atom. The molecule has 0 fully saturated rings. The Labute approximate surface area is 222 Å². The van der Waals surface area contributed by atoms with Gasteiger partial charge in [-0.25, -0.2) is 0 Å².